The van der Waals surface area contributed by atoms with Gasteiger partial charge in [-0.1, -0.05) is 0 Å². The molecule has 0 aliphatic rings. The second-order valence-electron chi connectivity index (χ2n) is 4.07. The van der Waals surface area contributed by atoms with Crippen LogP contribution in [0.1, 0.15) is 5.56 Å². The Morgan fingerprint density at radius 2 is 1.95 bits per heavy atom. The Balaban J connectivity index is 2.28. The molecule has 1 N–H and O–H groups in total. The number of hydrogen-bond donors (Lipinski definition) is 1. The second kappa shape index (κ2) is 5.52. The molecule has 0 fully saturated rings. The van der Waals surface area contributed by atoms with E-state index in [4.69, 9.17) is 0 Å². The first-order valence-corrected chi connectivity index (χ1v) is 6.52. The molecule has 0 aliphatic carbocycles. The smallest absolute Gasteiger partial charge is 0.282 e. The molecule has 2 rings (SSSR count). The number of aryl methyl sites for hydroxylation is 1. The van der Waals surface area contributed by atoms with Crippen molar-refractivity contribution in [2.45, 2.75) is 6.92 Å². The van der Waals surface area contributed by atoms with E-state index in [1.165, 1.54) is 18.2 Å². The van der Waals surface area contributed by atoms with Gasteiger partial charge in [0.2, 0.25) is 0 Å². The number of nitrogens with zero attached hydrogens (tertiary/aromatic N) is 1. The third-order valence-electron chi connectivity index (χ3n) is 2.48. The lowest BCUT2D eigenvalue weighted by Crippen LogP contribution is -1.95. The monoisotopic (exact) mass is 372 g/mol. The Morgan fingerprint density at radius 3 is 2.53 bits per heavy atom. The van der Waals surface area contributed by atoms with Crippen molar-refractivity contribution in [2.75, 3.05) is 5.32 Å². The van der Waals surface area contributed by atoms with E-state index in [0.29, 0.717) is 14.9 Å². The average molecular weight is 372 g/mol. The fourth-order valence-electron chi connectivity index (χ4n) is 1.71. The number of anilines is 2. The zero-order valence-corrected chi connectivity index (χ0v) is 12.1. The maximum atomic E-state index is 13.2. The lowest BCUT2D eigenvalue weighted by atomic mass is 10.2. The van der Waals surface area contributed by atoms with Crippen LogP contribution in [0, 0.1) is 26.4 Å². The van der Waals surface area contributed by atoms with E-state index in [1.54, 1.807) is 25.1 Å². The molecule has 6 heteroatoms. The normalized spacial score (nSPS) is 10.3. The van der Waals surface area contributed by atoms with E-state index in [0.717, 1.165) is 5.56 Å². The summed E-state index contributed by atoms with van der Waals surface area (Å²) in [6.07, 6.45) is 0. The quantitative estimate of drug-likeness (QED) is 0.494. The molecule has 0 aromatic heterocycles. The minimum absolute atomic E-state index is 0.0570. The summed E-state index contributed by atoms with van der Waals surface area (Å²) < 4.78 is 13.8. The van der Waals surface area contributed by atoms with Crippen LogP contribution in [0.25, 0.3) is 0 Å². The van der Waals surface area contributed by atoms with Crippen LogP contribution in [0.5, 0.6) is 0 Å². The summed E-state index contributed by atoms with van der Waals surface area (Å²) in [5.41, 5.74) is 2.16. The predicted molar refractivity (Wildman–Crippen MR) is 80.2 cm³/mol. The topological polar surface area (TPSA) is 55.2 Å². The highest BCUT2D eigenvalue weighted by Gasteiger charge is 2.11. The minimum atomic E-state index is -0.433. The number of benzene rings is 2. The molecule has 0 saturated heterocycles. The summed E-state index contributed by atoms with van der Waals surface area (Å²) in [5.74, 6) is -0.320. The molecule has 0 aliphatic heterocycles. The average Bonchev–Trinajstić information content (AvgIpc) is 2.26. The summed E-state index contributed by atoms with van der Waals surface area (Å²) in [5, 5.41) is 13.7. The number of nitro benzene ring substituents is 1. The van der Waals surface area contributed by atoms with Crippen LogP contribution in [-0.4, -0.2) is 4.92 Å². The Hall–Kier alpha value is -1.70. The Labute approximate surface area is 122 Å². The standard InChI is InChI=1S/C13H10FIN2O2/c1-8-4-9(14)6-11(5-8)16-10-2-3-13(17(18)19)12(15)7-10/h2-7,16H,1H3. The largest absolute Gasteiger partial charge is 0.355 e. The maximum absolute atomic E-state index is 13.2. The van der Waals surface area contributed by atoms with Gasteiger partial charge in [0.25, 0.3) is 5.69 Å². The molecule has 19 heavy (non-hydrogen) atoms. The molecular weight excluding hydrogens is 362 g/mol. The van der Waals surface area contributed by atoms with Gasteiger partial charge in [-0.15, -0.1) is 0 Å². The van der Waals surface area contributed by atoms with E-state index in [9.17, 15) is 14.5 Å². The van der Waals surface area contributed by atoms with Crippen LogP contribution in [0.2, 0.25) is 0 Å². The lowest BCUT2D eigenvalue weighted by molar-refractivity contribution is -0.385. The van der Waals surface area contributed by atoms with Crippen LogP contribution >= 0.6 is 22.6 Å². The van der Waals surface area contributed by atoms with Crippen LogP contribution in [0.4, 0.5) is 21.5 Å². The first-order chi connectivity index (χ1) is 8.95. The summed E-state index contributed by atoms with van der Waals surface area (Å²) in [7, 11) is 0. The molecule has 98 valence electrons. The van der Waals surface area contributed by atoms with Crippen molar-refractivity contribution < 1.29 is 9.31 Å². The first kappa shape index (κ1) is 13.7. The zero-order chi connectivity index (χ0) is 14.0. The van der Waals surface area contributed by atoms with Gasteiger partial charge in [0.15, 0.2) is 0 Å². The van der Waals surface area contributed by atoms with Crippen LogP contribution in [0.3, 0.4) is 0 Å². The Bertz CT molecular complexity index is 626. The number of halogens is 2. The molecule has 2 aromatic rings. The molecule has 0 atom stereocenters. The fourth-order valence-corrected chi connectivity index (χ4v) is 2.42. The number of rotatable bonds is 3. The van der Waals surface area contributed by atoms with E-state index in [-0.39, 0.29) is 11.5 Å². The van der Waals surface area contributed by atoms with Gasteiger partial charge in [-0.2, -0.15) is 0 Å². The highest BCUT2D eigenvalue weighted by molar-refractivity contribution is 14.1. The van der Waals surface area contributed by atoms with Crippen molar-refractivity contribution in [1.82, 2.24) is 0 Å². The molecule has 0 bridgehead atoms. The lowest BCUT2D eigenvalue weighted by Gasteiger charge is -2.08. The van der Waals surface area contributed by atoms with Gasteiger partial charge in [-0.3, -0.25) is 10.1 Å². The number of nitrogens with one attached hydrogen (secondary N) is 1. The van der Waals surface area contributed by atoms with E-state index in [1.807, 2.05) is 22.6 Å². The molecule has 4 nitrogen and oxygen atoms in total. The van der Waals surface area contributed by atoms with Crippen molar-refractivity contribution in [2.24, 2.45) is 0 Å². The SMILES string of the molecule is Cc1cc(F)cc(Nc2ccc([N+](=O)[O-])c(I)c2)c1. The van der Waals surface area contributed by atoms with E-state index < -0.39 is 4.92 Å². The molecule has 0 saturated carbocycles. The van der Waals surface area contributed by atoms with Crippen molar-refractivity contribution in [3.8, 4) is 0 Å². The Morgan fingerprint density at radius 1 is 1.21 bits per heavy atom. The van der Waals surface area contributed by atoms with Gasteiger partial charge < -0.3 is 5.32 Å². The van der Waals surface area contributed by atoms with Gasteiger partial charge in [0.1, 0.15) is 5.82 Å². The highest BCUT2D eigenvalue weighted by atomic mass is 127. The third-order valence-corrected chi connectivity index (χ3v) is 3.34. The highest BCUT2D eigenvalue weighted by Crippen LogP contribution is 2.26. The van der Waals surface area contributed by atoms with Crippen LogP contribution < -0.4 is 5.32 Å². The molecule has 0 amide bonds. The van der Waals surface area contributed by atoms with Crippen LogP contribution in [-0.2, 0) is 0 Å². The van der Waals surface area contributed by atoms with Gasteiger partial charge in [-0.25, -0.2) is 4.39 Å². The van der Waals surface area contributed by atoms with Gasteiger partial charge in [0, 0.05) is 17.4 Å². The van der Waals surface area contributed by atoms with E-state index >= 15 is 0 Å². The fraction of sp³-hybridized carbons (Fsp3) is 0.0769. The molecule has 0 heterocycles. The molecule has 0 unspecified atom stereocenters. The van der Waals surface area contributed by atoms with Crippen molar-refractivity contribution >= 4 is 39.7 Å². The summed E-state index contributed by atoms with van der Waals surface area (Å²) in [4.78, 5) is 10.3. The van der Waals surface area contributed by atoms with Crippen molar-refractivity contribution in [3.05, 3.63) is 61.5 Å². The summed E-state index contributed by atoms with van der Waals surface area (Å²) >= 11 is 1.90. The summed E-state index contributed by atoms with van der Waals surface area (Å²) in [6.45, 7) is 1.80. The van der Waals surface area contributed by atoms with Gasteiger partial charge >= 0.3 is 0 Å². The van der Waals surface area contributed by atoms with Crippen LogP contribution in [0.15, 0.2) is 36.4 Å². The number of nitro groups is 1. The predicted octanol–water partition coefficient (Wildman–Crippen LogP) is 4.39. The minimum Gasteiger partial charge on any atom is -0.355 e. The second-order valence-corrected chi connectivity index (χ2v) is 5.23. The Kier molecular flexibility index (Phi) is 3.98. The number of hydrogen-bond acceptors (Lipinski definition) is 3. The summed E-state index contributed by atoms with van der Waals surface area (Å²) in [6, 6.07) is 9.29. The van der Waals surface area contributed by atoms with Gasteiger partial charge in [-0.05, 0) is 65.4 Å². The molecule has 0 spiro atoms. The zero-order valence-electron chi connectivity index (χ0n) is 9.98. The van der Waals surface area contributed by atoms with Crippen molar-refractivity contribution in [1.29, 1.82) is 0 Å². The molecular formula is C13H10FIN2O2. The van der Waals surface area contributed by atoms with E-state index in [2.05, 4.69) is 5.32 Å². The molecule has 0 radical (unpaired) electrons. The first-order valence-electron chi connectivity index (χ1n) is 5.44. The third kappa shape index (κ3) is 3.40. The van der Waals surface area contributed by atoms with Gasteiger partial charge in [0.05, 0.1) is 8.49 Å². The maximum Gasteiger partial charge on any atom is 0.282 e. The molecule has 2 aromatic carbocycles. The van der Waals surface area contributed by atoms with Crippen molar-refractivity contribution in [3.63, 3.8) is 0 Å².